The van der Waals surface area contributed by atoms with E-state index in [1.165, 1.54) is 0 Å². The maximum Gasteiger partial charge on any atom is 0.145 e. The number of hydrogen-bond donors (Lipinski definition) is 2. The monoisotopic (exact) mass is 117 g/mol. The molecular weight excluding hydrogens is 109 g/mol. The quantitative estimate of drug-likeness (QED) is 0.362. The molecule has 1 atom stereocenters. The van der Waals surface area contributed by atoms with E-state index < -0.39 is 0 Å². The Kier molecular flexibility index (Phi) is 2.38. The molecule has 0 aromatic carbocycles. The van der Waals surface area contributed by atoms with Crippen molar-refractivity contribution >= 4 is 16.0 Å². The standard InChI is InChI=1S/C3H8N3P/c1-6-2(4)3(5)7/h1,4-5,7H2/b3-2-. The average Bonchev–Trinajstić information content (AvgIpc) is 1.65. The summed E-state index contributed by atoms with van der Waals surface area (Å²) < 4.78 is 0. The Morgan fingerprint density at radius 3 is 2.00 bits per heavy atom. The molecule has 4 heteroatoms. The van der Waals surface area contributed by atoms with E-state index in [9.17, 15) is 0 Å². The summed E-state index contributed by atoms with van der Waals surface area (Å²) in [4.78, 5) is 3.35. The molecule has 0 spiro atoms. The van der Waals surface area contributed by atoms with Crippen molar-refractivity contribution in [1.82, 2.24) is 0 Å². The molecule has 0 bridgehead atoms. The molecule has 7 heavy (non-hydrogen) atoms. The molecule has 0 amide bonds. The summed E-state index contributed by atoms with van der Waals surface area (Å²) in [7, 11) is 2.22. The molecule has 0 radical (unpaired) electrons. The fourth-order valence-corrected chi connectivity index (χ4v) is 0.183. The highest BCUT2D eigenvalue weighted by Gasteiger charge is 1.82. The fraction of sp³-hybridized carbons (Fsp3) is 0. The Morgan fingerprint density at radius 1 is 1.57 bits per heavy atom. The SMILES string of the molecule is C=N/C(N)=C(/N)P. The van der Waals surface area contributed by atoms with E-state index in [-0.39, 0.29) is 5.82 Å². The zero-order chi connectivity index (χ0) is 5.86. The van der Waals surface area contributed by atoms with Crippen LogP contribution in [-0.4, -0.2) is 6.72 Å². The van der Waals surface area contributed by atoms with Crippen LogP contribution in [0, 0.1) is 0 Å². The number of aliphatic imine (C=N–C) groups is 1. The van der Waals surface area contributed by atoms with Gasteiger partial charge in [0.2, 0.25) is 0 Å². The van der Waals surface area contributed by atoms with Gasteiger partial charge in [0.25, 0.3) is 0 Å². The van der Waals surface area contributed by atoms with Crippen LogP contribution in [0.2, 0.25) is 0 Å². The van der Waals surface area contributed by atoms with Crippen LogP contribution in [0.25, 0.3) is 0 Å². The molecule has 0 aromatic rings. The molecular formula is C3H8N3P. The first kappa shape index (κ1) is 6.44. The van der Waals surface area contributed by atoms with Crippen LogP contribution in [0.4, 0.5) is 0 Å². The number of hydrogen-bond acceptors (Lipinski definition) is 3. The lowest BCUT2D eigenvalue weighted by Crippen LogP contribution is -2.01. The van der Waals surface area contributed by atoms with Gasteiger partial charge in [-0.2, -0.15) is 0 Å². The third-order valence-corrected chi connectivity index (χ3v) is 0.762. The Labute approximate surface area is 44.7 Å². The van der Waals surface area contributed by atoms with Crippen molar-refractivity contribution in [2.75, 3.05) is 0 Å². The van der Waals surface area contributed by atoms with Gasteiger partial charge >= 0.3 is 0 Å². The fourth-order valence-electron chi connectivity index (χ4n) is 0.0913. The van der Waals surface area contributed by atoms with Crippen molar-refractivity contribution in [2.45, 2.75) is 0 Å². The molecule has 0 heterocycles. The van der Waals surface area contributed by atoms with Crippen LogP contribution in [0.3, 0.4) is 0 Å². The van der Waals surface area contributed by atoms with Crippen molar-refractivity contribution in [1.29, 1.82) is 0 Å². The molecule has 3 nitrogen and oxygen atoms in total. The number of nitrogens with two attached hydrogens (primary N) is 2. The first-order chi connectivity index (χ1) is 3.18. The lowest BCUT2D eigenvalue weighted by Gasteiger charge is -1.90. The van der Waals surface area contributed by atoms with Gasteiger partial charge in [0.1, 0.15) is 5.82 Å². The van der Waals surface area contributed by atoms with Gasteiger partial charge in [-0.1, -0.05) is 9.24 Å². The summed E-state index contributed by atoms with van der Waals surface area (Å²) in [5.41, 5.74) is 10.7. The van der Waals surface area contributed by atoms with E-state index in [1.807, 2.05) is 0 Å². The van der Waals surface area contributed by atoms with E-state index in [0.717, 1.165) is 0 Å². The van der Waals surface area contributed by atoms with E-state index in [2.05, 4.69) is 20.9 Å². The van der Waals surface area contributed by atoms with Crippen LogP contribution < -0.4 is 11.5 Å². The predicted molar refractivity (Wildman–Crippen MR) is 34.7 cm³/mol. The van der Waals surface area contributed by atoms with E-state index in [0.29, 0.717) is 5.44 Å². The minimum atomic E-state index is 0.269. The minimum absolute atomic E-state index is 0.269. The number of rotatable bonds is 1. The first-order valence-electron chi connectivity index (χ1n) is 1.66. The Morgan fingerprint density at radius 2 is 2.00 bits per heavy atom. The highest BCUT2D eigenvalue weighted by atomic mass is 31.0. The van der Waals surface area contributed by atoms with Gasteiger partial charge in [-0.05, 0) is 6.72 Å². The second kappa shape index (κ2) is 2.59. The van der Waals surface area contributed by atoms with Crippen molar-refractivity contribution in [2.24, 2.45) is 16.5 Å². The van der Waals surface area contributed by atoms with Crippen LogP contribution in [0.15, 0.2) is 16.3 Å². The van der Waals surface area contributed by atoms with Gasteiger partial charge in [0.05, 0.1) is 5.44 Å². The minimum Gasteiger partial charge on any atom is -0.396 e. The maximum atomic E-state index is 5.13. The Balaban J connectivity index is 3.98. The largest absolute Gasteiger partial charge is 0.396 e. The lowest BCUT2D eigenvalue weighted by molar-refractivity contribution is 1.21. The van der Waals surface area contributed by atoms with Gasteiger partial charge < -0.3 is 11.5 Å². The molecule has 0 aliphatic carbocycles. The van der Waals surface area contributed by atoms with Gasteiger partial charge in [-0.3, -0.25) is 0 Å². The van der Waals surface area contributed by atoms with E-state index in [1.54, 1.807) is 0 Å². The Bertz CT molecular complexity index is 103. The van der Waals surface area contributed by atoms with Crippen LogP contribution in [-0.2, 0) is 0 Å². The van der Waals surface area contributed by atoms with Crippen molar-refractivity contribution < 1.29 is 0 Å². The highest BCUT2D eigenvalue weighted by Crippen LogP contribution is 1.98. The molecule has 0 saturated carbocycles. The topological polar surface area (TPSA) is 64.4 Å². The van der Waals surface area contributed by atoms with Crippen LogP contribution in [0.5, 0.6) is 0 Å². The first-order valence-corrected chi connectivity index (χ1v) is 2.23. The molecule has 0 aliphatic rings. The molecule has 0 fully saturated rings. The lowest BCUT2D eigenvalue weighted by atomic mass is 10.8. The predicted octanol–water partition coefficient (Wildman–Crippen LogP) is -0.394. The van der Waals surface area contributed by atoms with E-state index >= 15 is 0 Å². The van der Waals surface area contributed by atoms with Gasteiger partial charge in [0, 0.05) is 0 Å². The van der Waals surface area contributed by atoms with E-state index in [4.69, 9.17) is 11.5 Å². The second-order valence-electron chi connectivity index (χ2n) is 0.999. The smallest absolute Gasteiger partial charge is 0.145 e. The normalized spacial score (nSPS) is 12.7. The molecule has 40 valence electrons. The second-order valence-corrected chi connectivity index (χ2v) is 1.62. The zero-order valence-electron chi connectivity index (χ0n) is 3.89. The summed E-state index contributed by atoms with van der Waals surface area (Å²) in [5.74, 6) is 0.269. The number of nitrogens with zero attached hydrogens (tertiary/aromatic N) is 1. The maximum absolute atomic E-state index is 5.13. The third-order valence-electron chi connectivity index (χ3n) is 0.466. The summed E-state index contributed by atoms with van der Waals surface area (Å²) in [5, 5.41) is 0. The van der Waals surface area contributed by atoms with Crippen LogP contribution in [0.1, 0.15) is 0 Å². The molecule has 4 N–H and O–H groups in total. The highest BCUT2D eigenvalue weighted by molar-refractivity contribution is 7.22. The van der Waals surface area contributed by atoms with Crippen LogP contribution >= 0.6 is 9.24 Å². The van der Waals surface area contributed by atoms with Gasteiger partial charge in [-0.15, -0.1) is 0 Å². The van der Waals surface area contributed by atoms with Crippen molar-refractivity contribution in [3.05, 3.63) is 11.3 Å². The van der Waals surface area contributed by atoms with Gasteiger partial charge in [0.15, 0.2) is 0 Å². The van der Waals surface area contributed by atoms with Gasteiger partial charge in [-0.25, -0.2) is 4.99 Å². The average molecular weight is 117 g/mol. The van der Waals surface area contributed by atoms with Crippen molar-refractivity contribution in [3.8, 4) is 0 Å². The molecule has 1 unspecified atom stereocenters. The molecule has 0 rings (SSSR count). The summed E-state index contributed by atoms with van der Waals surface area (Å²) in [6, 6.07) is 0. The Hall–Kier alpha value is -0.560. The molecule has 0 saturated heterocycles. The summed E-state index contributed by atoms with van der Waals surface area (Å²) >= 11 is 0. The molecule has 0 aliphatic heterocycles. The summed E-state index contributed by atoms with van der Waals surface area (Å²) in [6.45, 7) is 3.16. The zero-order valence-corrected chi connectivity index (χ0v) is 5.04. The van der Waals surface area contributed by atoms with Crippen molar-refractivity contribution in [3.63, 3.8) is 0 Å². The molecule has 0 aromatic heterocycles. The summed E-state index contributed by atoms with van der Waals surface area (Å²) in [6.07, 6.45) is 0. The third kappa shape index (κ3) is 2.18.